The van der Waals surface area contributed by atoms with Gasteiger partial charge in [-0.2, -0.15) is 0 Å². The Hall–Kier alpha value is -4.32. The lowest BCUT2D eigenvalue weighted by Crippen LogP contribution is -2.41. The van der Waals surface area contributed by atoms with Gasteiger partial charge in [-0.05, 0) is 79.3 Å². The highest BCUT2D eigenvalue weighted by Crippen LogP contribution is 2.41. The zero-order valence-corrected chi connectivity index (χ0v) is 21.4. The number of amides is 2. The summed E-state index contributed by atoms with van der Waals surface area (Å²) in [5.41, 5.74) is 5.35. The average molecular weight is 507 g/mol. The molecule has 0 unspecified atom stereocenters. The molecule has 1 atom stereocenters. The summed E-state index contributed by atoms with van der Waals surface area (Å²) in [6.45, 7) is 2.99. The second-order valence-electron chi connectivity index (χ2n) is 10.1. The summed E-state index contributed by atoms with van der Waals surface area (Å²) in [7, 11) is 0. The normalized spacial score (nSPS) is 16.6. The first-order valence-electron chi connectivity index (χ1n) is 13.1. The van der Waals surface area contributed by atoms with Crippen LogP contribution < -0.4 is 10.1 Å². The van der Waals surface area contributed by atoms with Gasteiger partial charge in [0.1, 0.15) is 18.1 Å². The second-order valence-corrected chi connectivity index (χ2v) is 10.1. The molecular weight excluding hydrogens is 476 g/mol. The van der Waals surface area contributed by atoms with E-state index in [1.54, 1.807) is 12.1 Å². The van der Waals surface area contributed by atoms with Gasteiger partial charge in [0.05, 0.1) is 6.04 Å². The van der Waals surface area contributed by atoms with Crippen molar-refractivity contribution in [3.63, 3.8) is 0 Å². The molecule has 6 heteroatoms. The molecule has 1 N–H and O–H groups in total. The summed E-state index contributed by atoms with van der Waals surface area (Å²) < 4.78 is 11.8. The third-order valence-electron chi connectivity index (χ3n) is 7.25. The van der Waals surface area contributed by atoms with Gasteiger partial charge >= 0.3 is 0 Å². The number of rotatable bonds is 7. The zero-order valence-electron chi connectivity index (χ0n) is 21.4. The van der Waals surface area contributed by atoms with Crippen LogP contribution in [0.25, 0.3) is 0 Å². The Morgan fingerprint density at radius 1 is 0.974 bits per heavy atom. The van der Waals surface area contributed by atoms with Gasteiger partial charge in [-0.25, -0.2) is 0 Å². The number of hydrogen-bond acceptors (Lipinski definition) is 4. The van der Waals surface area contributed by atoms with Crippen molar-refractivity contribution >= 4 is 17.5 Å². The molecule has 1 fully saturated rings. The van der Waals surface area contributed by atoms with Crippen molar-refractivity contribution in [3.05, 3.63) is 119 Å². The predicted octanol–water partition coefficient (Wildman–Crippen LogP) is 6.30. The van der Waals surface area contributed by atoms with Crippen LogP contribution in [0.4, 0.5) is 5.69 Å². The Bertz CT molecular complexity index is 1450. The number of fused-ring (bicyclic) bond motifs is 1. The summed E-state index contributed by atoms with van der Waals surface area (Å²) in [5, 5.41) is 2.82. The third-order valence-corrected chi connectivity index (χ3v) is 7.25. The second kappa shape index (κ2) is 10.2. The predicted molar refractivity (Wildman–Crippen MR) is 145 cm³/mol. The van der Waals surface area contributed by atoms with E-state index in [0.29, 0.717) is 17.2 Å². The Morgan fingerprint density at radius 2 is 1.76 bits per heavy atom. The van der Waals surface area contributed by atoms with Gasteiger partial charge in [0.15, 0.2) is 5.76 Å². The molecule has 2 aliphatic rings. The van der Waals surface area contributed by atoms with Crippen molar-refractivity contribution < 1.29 is 18.7 Å². The number of nitrogens with zero attached hydrogens (tertiary/aromatic N) is 1. The smallest absolute Gasteiger partial charge is 0.291 e. The van der Waals surface area contributed by atoms with E-state index in [1.807, 2.05) is 36.4 Å². The van der Waals surface area contributed by atoms with E-state index in [-0.39, 0.29) is 36.1 Å². The van der Waals surface area contributed by atoms with Crippen LogP contribution in [0.5, 0.6) is 5.75 Å². The molecule has 2 heterocycles. The standard InChI is InChI=1S/C32H30N2O4/c1-21-7-9-23(10-8-21)30-28-19-26(14-13-22(28)17-18-34(30)32(36)24-11-12-24)37-20-27-15-16-29(38-27)31(35)33-25-5-3-2-4-6-25/h2-10,13-16,19,24,30H,11-12,17-18,20H2,1H3,(H,33,35)/t30-/m0/s1. The molecule has 0 radical (unpaired) electrons. The Labute approximate surface area is 222 Å². The van der Waals surface area contributed by atoms with Crippen LogP contribution in [0.2, 0.25) is 0 Å². The molecule has 0 saturated heterocycles. The first kappa shape index (κ1) is 24.0. The van der Waals surface area contributed by atoms with Gasteiger partial charge in [0.2, 0.25) is 5.91 Å². The summed E-state index contributed by atoms with van der Waals surface area (Å²) >= 11 is 0. The molecule has 6 nitrogen and oxygen atoms in total. The maximum absolute atomic E-state index is 13.2. The molecule has 0 bridgehead atoms. The molecule has 3 aromatic carbocycles. The van der Waals surface area contributed by atoms with Crippen molar-refractivity contribution in [3.8, 4) is 5.75 Å². The van der Waals surface area contributed by atoms with E-state index in [2.05, 4.69) is 53.5 Å². The molecule has 0 spiro atoms. The fraction of sp³-hybridized carbons (Fsp3) is 0.250. The van der Waals surface area contributed by atoms with Crippen LogP contribution in [0, 0.1) is 12.8 Å². The number of para-hydroxylation sites is 1. The maximum atomic E-state index is 13.2. The maximum Gasteiger partial charge on any atom is 0.291 e. The number of nitrogens with one attached hydrogen (secondary N) is 1. The molecular formula is C32H30N2O4. The number of furan rings is 1. The van der Waals surface area contributed by atoms with E-state index in [0.717, 1.165) is 36.9 Å². The largest absolute Gasteiger partial charge is 0.486 e. The Balaban J connectivity index is 1.20. The van der Waals surface area contributed by atoms with Crippen molar-refractivity contribution in [2.24, 2.45) is 5.92 Å². The van der Waals surface area contributed by atoms with Gasteiger partial charge in [-0.1, -0.05) is 54.1 Å². The first-order valence-corrected chi connectivity index (χ1v) is 13.1. The topological polar surface area (TPSA) is 71.8 Å². The number of hydrogen-bond donors (Lipinski definition) is 1. The molecule has 4 aromatic rings. The average Bonchev–Trinajstić information content (AvgIpc) is 3.69. The summed E-state index contributed by atoms with van der Waals surface area (Å²) in [4.78, 5) is 27.8. The highest BCUT2D eigenvalue weighted by molar-refractivity contribution is 6.02. The molecule has 2 amide bonds. The van der Waals surface area contributed by atoms with Crippen LogP contribution in [-0.2, 0) is 17.8 Å². The van der Waals surface area contributed by atoms with E-state index in [1.165, 1.54) is 11.1 Å². The van der Waals surface area contributed by atoms with Gasteiger partial charge in [0, 0.05) is 18.2 Å². The van der Waals surface area contributed by atoms with E-state index < -0.39 is 0 Å². The number of ether oxygens (including phenoxy) is 1. The zero-order chi connectivity index (χ0) is 26.1. The van der Waals surface area contributed by atoms with Gasteiger partial charge in [0.25, 0.3) is 5.91 Å². The van der Waals surface area contributed by atoms with Crippen LogP contribution in [0.15, 0.2) is 89.3 Å². The third kappa shape index (κ3) is 5.07. The number of carbonyl (C=O) groups excluding carboxylic acids is 2. The molecule has 38 heavy (non-hydrogen) atoms. The minimum atomic E-state index is -0.308. The molecule has 1 aliphatic heterocycles. The Kier molecular flexibility index (Phi) is 6.46. The van der Waals surface area contributed by atoms with Crippen LogP contribution in [0.1, 0.15) is 57.5 Å². The first-order chi connectivity index (χ1) is 18.5. The molecule has 1 aromatic heterocycles. The van der Waals surface area contributed by atoms with Crippen LogP contribution in [0.3, 0.4) is 0 Å². The Morgan fingerprint density at radius 3 is 2.53 bits per heavy atom. The monoisotopic (exact) mass is 506 g/mol. The van der Waals surface area contributed by atoms with Crippen molar-refractivity contribution in [1.29, 1.82) is 0 Å². The van der Waals surface area contributed by atoms with Crippen molar-refractivity contribution in [1.82, 2.24) is 4.90 Å². The van der Waals surface area contributed by atoms with Crippen LogP contribution in [-0.4, -0.2) is 23.3 Å². The highest BCUT2D eigenvalue weighted by atomic mass is 16.5. The molecule has 1 aliphatic carbocycles. The summed E-state index contributed by atoms with van der Waals surface area (Å²) in [5.74, 6) is 1.60. The lowest BCUT2D eigenvalue weighted by Gasteiger charge is -2.38. The molecule has 6 rings (SSSR count). The van der Waals surface area contributed by atoms with Gasteiger partial charge in [-0.15, -0.1) is 0 Å². The summed E-state index contributed by atoms with van der Waals surface area (Å²) in [6.07, 6.45) is 2.80. The van der Waals surface area contributed by atoms with Gasteiger partial charge in [-0.3, -0.25) is 9.59 Å². The molecule has 1 saturated carbocycles. The highest BCUT2D eigenvalue weighted by Gasteiger charge is 2.39. The van der Waals surface area contributed by atoms with Crippen molar-refractivity contribution in [2.75, 3.05) is 11.9 Å². The fourth-order valence-corrected chi connectivity index (χ4v) is 5.04. The quantitative estimate of drug-likeness (QED) is 0.319. The van der Waals surface area contributed by atoms with Crippen molar-refractivity contribution in [2.45, 2.75) is 38.8 Å². The summed E-state index contributed by atoms with van der Waals surface area (Å²) in [6, 6.07) is 27.1. The van der Waals surface area contributed by atoms with Gasteiger partial charge < -0.3 is 19.4 Å². The number of benzene rings is 3. The minimum absolute atomic E-state index is 0.132. The number of carbonyl (C=O) groups is 2. The fourth-order valence-electron chi connectivity index (χ4n) is 5.04. The van der Waals surface area contributed by atoms with E-state index >= 15 is 0 Å². The number of anilines is 1. The van der Waals surface area contributed by atoms with E-state index in [4.69, 9.17) is 9.15 Å². The molecule has 192 valence electrons. The lowest BCUT2D eigenvalue weighted by atomic mass is 9.87. The van der Waals surface area contributed by atoms with E-state index in [9.17, 15) is 9.59 Å². The lowest BCUT2D eigenvalue weighted by molar-refractivity contribution is -0.134. The minimum Gasteiger partial charge on any atom is -0.486 e. The number of aryl methyl sites for hydroxylation is 1. The SMILES string of the molecule is Cc1ccc([C@H]2c3cc(OCc4ccc(C(=O)Nc5ccccc5)o4)ccc3CCN2C(=O)C2CC2)cc1. The van der Waals surface area contributed by atoms with Crippen LogP contribution >= 0.6 is 0 Å².